The Bertz CT molecular complexity index is 539. The van der Waals surface area contributed by atoms with E-state index in [9.17, 15) is 22.3 Å². The smallest absolute Gasteiger partial charge is 0.246 e. The van der Waals surface area contributed by atoms with Crippen LogP contribution in [-0.2, 0) is 10.0 Å². The molecule has 1 aromatic carbocycles. The van der Waals surface area contributed by atoms with Gasteiger partial charge in [0.05, 0.1) is 6.10 Å². The molecule has 100 valence electrons. The summed E-state index contributed by atoms with van der Waals surface area (Å²) in [5, 5.41) is 9.31. The van der Waals surface area contributed by atoms with Gasteiger partial charge in [-0.15, -0.1) is 0 Å². The summed E-state index contributed by atoms with van der Waals surface area (Å²) < 4.78 is 51.8. The van der Waals surface area contributed by atoms with Crippen LogP contribution >= 0.6 is 0 Å². The lowest BCUT2D eigenvalue weighted by Gasteiger charge is -2.28. The summed E-state index contributed by atoms with van der Waals surface area (Å²) >= 11 is 0. The van der Waals surface area contributed by atoms with Gasteiger partial charge in [-0.05, 0) is 31.0 Å². The van der Waals surface area contributed by atoms with Crippen LogP contribution < -0.4 is 0 Å². The summed E-state index contributed by atoms with van der Waals surface area (Å²) in [6.07, 6.45) is 0.0700. The summed E-state index contributed by atoms with van der Waals surface area (Å²) in [5.74, 6) is -1.77. The molecule has 4 nitrogen and oxygen atoms in total. The Morgan fingerprint density at radius 1 is 1.22 bits per heavy atom. The molecular weight excluding hydrogens is 264 g/mol. The lowest BCUT2D eigenvalue weighted by molar-refractivity contribution is 0.113. The first kappa shape index (κ1) is 13.4. The minimum absolute atomic E-state index is 0.111. The molecule has 0 aliphatic carbocycles. The number of halogens is 2. The lowest BCUT2D eigenvalue weighted by Crippen LogP contribution is -2.40. The van der Waals surface area contributed by atoms with Crippen molar-refractivity contribution in [1.82, 2.24) is 4.31 Å². The van der Waals surface area contributed by atoms with Crippen LogP contribution in [0.5, 0.6) is 0 Å². The number of aliphatic hydroxyl groups excluding tert-OH is 1. The van der Waals surface area contributed by atoms with Crippen LogP contribution in [0.3, 0.4) is 0 Å². The Morgan fingerprint density at radius 3 is 2.44 bits per heavy atom. The van der Waals surface area contributed by atoms with Crippen LogP contribution in [0.1, 0.15) is 12.8 Å². The zero-order valence-electron chi connectivity index (χ0n) is 9.51. The second kappa shape index (κ2) is 4.91. The molecule has 18 heavy (non-hydrogen) atoms. The summed E-state index contributed by atoms with van der Waals surface area (Å²) in [6.45, 7) is 0.221. The average Bonchev–Trinajstić information content (AvgIpc) is 2.32. The monoisotopic (exact) mass is 277 g/mol. The van der Waals surface area contributed by atoms with Crippen molar-refractivity contribution in [2.24, 2.45) is 0 Å². The molecule has 7 heteroatoms. The molecule has 0 saturated carbocycles. The van der Waals surface area contributed by atoms with Gasteiger partial charge in [-0.2, -0.15) is 4.31 Å². The van der Waals surface area contributed by atoms with Crippen LogP contribution in [0.15, 0.2) is 23.1 Å². The maximum Gasteiger partial charge on any atom is 0.246 e. The maximum absolute atomic E-state index is 13.5. The number of hydrogen-bond donors (Lipinski definition) is 1. The van der Waals surface area contributed by atoms with Crippen molar-refractivity contribution >= 4 is 10.0 Å². The number of benzene rings is 1. The molecule has 1 aromatic rings. The molecule has 0 amide bonds. The van der Waals surface area contributed by atoms with Gasteiger partial charge < -0.3 is 5.11 Å². The highest BCUT2D eigenvalue weighted by atomic mass is 32.2. The number of sulfonamides is 1. The predicted molar refractivity (Wildman–Crippen MR) is 60.4 cm³/mol. The van der Waals surface area contributed by atoms with Crippen LogP contribution in [-0.4, -0.2) is 37.0 Å². The van der Waals surface area contributed by atoms with Crippen molar-refractivity contribution in [3.05, 3.63) is 29.8 Å². The van der Waals surface area contributed by atoms with Crippen molar-refractivity contribution in [3.63, 3.8) is 0 Å². The number of piperidine rings is 1. The third kappa shape index (κ3) is 2.52. The summed E-state index contributed by atoms with van der Waals surface area (Å²) in [7, 11) is -4.03. The fourth-order valence-electron chi connectivity index (χ4n) is 1.90. The van der Waals surface area contributed by atoms with Gasteiger partial charge in [-0.1, -0.05) is 0 Å². The Morgan fingerprint density at radius 2 is 1.83 bits per heavy atom. The van der Waals surface area contributed by atoms with Gasteiger partial charge in [0.1, 0.15) is 16.5 Å². The highest BCUT2D eigenvalue weighted by Crippen LogP contribution is 2.23. The molecule has 0 spiro atoms. The van der Waals surface area contributed by atoms with E-state index in [4.69, 9.17) is 0 Å². The molecule has 1 aliphatic rings. The van der Waals surface area contributed by atoms with Gasteiger partial charge >= 0.3 is 0 Å². The van der Waals surface area contributed by atoms with Crippen molar-refractivity contribution in [1.29, 1.82) is 0 Å². The first-order valence-electron chi connectivity index (χ1n) is 5.54. The topological polar surface area (TPSA) is 57.6 Å². The van der Waals surface area contributed by atoms with E-state index in [1.54, 1.807) is 0 Å². The van der Waals surface area contributed by atoms with Gasteiger partial charge in [-0.3, -0.25) is 0 Å². The van der Waals surface area contributed by atoms with E-state index < -0.39 is 32.7 Å². The summed E-state index contributed by atoms with van der Waals surface area (Å²) in [5.41, 5.74) is 0. The highest BCUT2D eigenvalue weighted by molar-refractivity contribution is 7.89. The first-order chi connectivity index (χ1) is 8.41. The number of hydrogen-bond acceptors (Lipinski definition) is 3. The molecule has 0 atom stereocenters. The predicted octanol–water partition coefficient (Wildman–Crippen LogP) is 1.11. The zero-order chi connectivity index (χ0) is 13.3. The van der Waals surface area contributed by atoms with E-state index in [2.05, 4.69) is 0 Å². The molecule has 2 rings (SSSR count). The van der Waals surface area contributed by atoms with Crippen LogP contribution in [0.2, 0.25) is 0 Å². The minimum Gasteiger partial charge on any atom is -0.393 e. The summed E-state index contributed by atoms with van der Waals surface area (Å²) in [4.78, 5) is -0.654. The molecule has 0 aromatic heterocycles. The first-order valence-corrected chi connectivity index (χ1v) is 6.98. The Balaban J connectivity index is 2.33. The van der Waals surface area contributed by atoms with Gasteiger partial charge in [0.2, 0.25) is 10.0 Å². The van der Waals surface area contributed by atoms with E-state index in [-0.39, 0.29) is 13.1 Å². The van der Waals surface area contributed by atoms with Gasteiger partial charge in [0.15, 0.2) is 0 Å². The molecule has 0 bridgehead atoms. The molecule has 1 saturated heterocycles. The Labute approximate surface area is 104 Å². The normalized spacial score (nSPS) is 19.1. The molecule has 1 fully saturated rings. The van der Waals surface area contributed by atoms with Crippen molar-refractivity contribution in [2.75, 3.05) is 13.1 Å². The van der Waals surface area contributed by atoms with E-state index in [0.29, 0.717) is 18.9 Å². The van der Waals surface area contributed by atoms with Crippen molar-refractivity contribution in [3.8, 4) is 0 Å². The average molecular weight is 277 g/mol. The second-order valence-corrected chi connectivity index (χ2v) is 6.12. The Hall–Kier alpha value is -1.05. The van der Waals surface area contributed by atoms with E-state index >= 15 is 0 Å². The summed E-state index contributed by atoms with van der Waals surface area (Å²) in [6, 6.07) is 2.34. The van der Waals surface area contributed by atoms with Crippen molar-refractivity contribution in [2.45, 2.75) is 23.8 Å². The highest BCUT2D eigenvalue weighted by Gasteiger charge is 2.31. The minimum atomic E-state index is -4.03. The van der Waals surface area contributed by atoms with Crippen LogP contribution in [0, 0.1) is 11.6 Å². The number of aliphatic hydroxyl groups is 1. The molecular formula is C11H13F2NO3S. The maximum atomic E-state index is 13.5. The number of nitrogens with zero attached hydrogens (tertiary/aromatic N) is 1. The molecule has 1 N–H and O–H groups in total. The molecule has 1 heterocycles. The third-order valence-corrected chi connectivity index (χ3v) is 4.85. The largest absolute Gasteiger partial charge is 0.393 e. The van der Waals surface area contributed by atoms with Gasteiger partial charge in [0, 0.05) is 13.1 Å². The second-order valence-electron chi connectivity index (χ2n) is 4.21. The van der Waals surface area contributed by atoms with Crippen LogP contribution in [0.25, 0.3) is 0 Å². The standard InChI is InChI=1S/C11H13F2NO3S/c12-8-1-2-10(13)11(7-8)18(16,17)14-5-3-9(15)4-6-14/h1-2,7,9,15H,3-6H2. The lowest BCUT2D eigenvalue weighted by atomic mass is 10.1. The van der Waals surface area contributed by atoms with E-state index in [1.165, 1.54) is 0 Å². The SMILES string of the molecule is O=S(=O)(c1cc(F)ccc1F)N1CCC(O)CC1. The molecule has 0 radical (unpaired) electrons. The fourth-order valence-corrected chi connectivity index (χ4v) is 3.44. The van der Waals surface area contributed by atoms with Gasteiger partial charge in [0.25, 0.3) is 0 Å². The van der Waals surface area contributed by atoms with E-state index in [1.807, 2.05) is 0 Å². The third-order valence-electron chi connectivity index (χ3n) is 2.93. The Kier molecular flexibility index (Phi) is 3.65. The quantitative estimate of drug-likeness (QED) is 0.881. The van der Waals surface area contributed by atoms with E-state index in [0.717, 1.165) is 16.4 Å². The fraction of sp³-hybridized carbons (Fsp3) is 0.455. The number of rotatable bonds is 2. The molecule has 1 aliphatic heterocycles. The van der Waals surface area contributed by atoms with Gasteiger partial charge in [-0.25, -0.2) is 17.2 Å². The van der Waals surface area contributed by atoms with Crippen molar-refractivity contribution < 1.29 is 22.3 Å². The zero-order valence-corrected chi connectivity index (χ0v) is 10.3. The molecule has 0 unspecified atom stereocenters. The van der Waals surface area contributed by atoms with Crippen LogP contribution in [0.4, 0.5) is 8.78 Å².